The molecule has 1 fully saturated rings. The second-order valence-electron chi connectivity index (χ2n) is 6.53. The van der Waals surface area contributed by atoms with E-state index in [1.807, 2.05) is 13.8 Å². The molecule has 1 saturated heterocycles. The van der Waals surface area contributed by atoms with Crippen LogP contribution in [0.4, 0.5) is 4.79 Å². The van der Waals surface area contributed by atoms with Crippen LogP contribution >= 0.6 is 11.3 Å². The molecule has 1 aromatic rings. The first-order valence-corrected chi connectivity index (χ1v) is 9.64. The largest absolute Gasteiger partial charge is 0.356 e. The first kappa shape index (κ1) is 20.2. The van der Waals surface area contributed by atoms with Crippen LogP contribution in [-0.2, 0) is 11.3 Å². The number of nitrogens with zero attached hydrogens (tertiary/aromatic N) is 3. The number of amides is 3. The first-order valence-electron chi connectivity index (χ1n) is 8.82. The van der Waals surface area contributed by atoms with Gasteiger partial charge in [-0.25, -0.2) is 9.78 Å². The smallest absolute Gasteiger partial charge is 0.325 e. The van der Waals surface area contributed by atoms with Gasteiger partial charge in [-0.05, 0) is 33.6 Å². The Hall–Kier alpha value is -2.16. The molecule has 0 saturated carbocycles. The maximum atomic E-state index is 12.3. The fourth-order valence-corrected chi connectivity index (χ4v) is 3.50. The molecule has 3 N–H and O–H groups in total. The lowest BCUT2D eigenvalue weighted by Crippen LogP contribution is -2.43. The van der Waals surface area contributed by atoms with E-state index in [1.165, 1.54) is 9.78 Å². The molecule has 1 aromatic heterocycles. The Labute approximate surface area is 158 Å². The van der Waals surface area contributed by atoms with Gasteiger partial charge in [-0.1, -0.05) is 6.92 Å². The summed E-state index contributed by atoms with van der Waals surface area (Å²) in [4.78, 5) is 35.5. The molecule has 2 heterocycles. The molecule has 1 aliphatic rings. The molecule has 2 rings (SSSR count). The van der Waals surface area contributed by atoms with Crippen molar-refractivity contribution in [2.24, 2.45) is 4.99 Å². The normalized spacial score (nSPS) is 20.5. The van der Waals surface area contributed by atoms with Crippen LogP contribution in [0.1, 0.15) is 42.3 Å². The third-order valence-corrected chi connectivity index (χ3v) is 5.68. The van der Waals surface area contributed by atoms with E-state index in [0.717, 1.165) is 10.7 Å². The van der Waals surface area contributed by atoms with Crippen LogP contribution < -0.4 is 16.0 Å². The van der Waals surface area contributed by atoms with Crippen molar-refractivity contribution in [3.05, 3.63) is 15.6 Å². The fourth-order valence-electron chi connectivity index (χ4n) is 2.63. The van der Waals surface area contributed by atoms with Crippen molar-refractivity contribution in [2.75, 3.05) is 20.1 Å². The molecular weight excluding hydrogens is 352 g/mol. The highest BCUT2D eigenvalue weighted by Gasteiger charge is 2.45. The summed E-state index contributed by atoms with van der Waals surface area (Å²) in [5.74, 6) is 0.521. The number of aliphatic imine (C=N–C) groups is 1. The Balaban J connectivity index is 1.74. The number of imide groups is 1. The molecule has 0 bridgehead atoms. The van der Waals surface area contributed by atoms with Crippen LogP contribution in [0.3, 0.4) is 0 Å². The average Bonchev–Trinajstić information content (AvgIpc) is 3.04. The second-order valence-corrected chi connectivity index (χ2v) is 7.82. The standard InChI is InChI=1S/C17H28N6O2S/c1-6-17(4)14(24)23(16(25)22-17)9-7-8-19-15(18-5)20-10-13-21-11(2)12(3)26-13/h6-10H2,1-5H3,(H,22,25)(H2,18,19,20). The summed E-state index contributed by atoms with van der Waals surface area (Å²) in [5, 5.41) is 10.2. The van der Waals surface area contributed by atoms with Gasteiger partial charge in [-0.2, -0.15) is 0 Å². The molecular formula is C17H28N6O2S. The molecule has 8 nitrogen and oxygen atoms in total. The van der Waals surface area contributed by atoms with Crippen molar-refractivity contribution in [3.63, 3.8) is 0 Å². The van der Waals surface area contributed by atoms with Crippen molar-refractivity contribution in [2.45, 2.75) is 52.6 Å². The summed E-state index contributed by atoms with van der Waals surface area (Å²) < 4.78 is 0. The molecule has 144 valence electrons. The Bertz CT molecular complexity index is 682. The SMILES string of the molecule is CCC1(C)NC(=O)N(CCCNC(=NC)NCc2nc(C)c(C)s2)C1=O. The minimum atomic E-state index is -0.772. The number of aromatic nitrogens is 1. The third-order valence-electron chi connectivity index (χ3n) is 4.61. The summed E-state index contributed by atoms with van der Waals surface area (Å²) in [6.07, 6.45) is 1.23. The number of guanidine groups is 1. The monoisotopic (exact) mass is 380 g/mol. The van der Waals surface area contributed by atoms with Gasteiger partial charge in [0.05, 0.1) is 12.2 Å². The van der Waals surface area contributed by atoms with Crippen LogP contribution in [0.2, 0.25) is 0 Å². The zero-order valence-corrected chi connectivity index (χ0v) is 16.9. The Morgan fingerprint density at radius 1 is 1.35 bits per heavy atom. The van der Waals surface area contributed by atoms with E-state index < -0.39 is 5.54 Å². The predicted octanol–water partition coefficient (Wildman–Crippen LogP) is 1.54. The average molecular weight is 381 g/mol. The van der Waals surface area contributed by atoms with Crippen molar-refractivity contribution in [3.8, 4) is 0 Å². The van der Waals surface area contributed by atoms with E-state index in [9.17, 15) is 9.59 Å². The van der Waals surface area contributed by atoms with Gasteiger partial charge in [-0.15, -0.1) is 11.3 Å². The van der Waals surface area contributed by atoms with E-state index in [-0.39, 0.29) is 11.9 Å². The second kappa shape index (κ2) is 8.48. The highest BCUT2D eigenvalue weighted by atomic mass is 32.1. The lowest BCUT2D eigenvalue weighted by atomic mass is 9.99. The number of carbonyl (C=O) groups is 2. The van der Waals surface area contributed by atoms with Crippen molar-refractivity contribution in [1.29, 1.82) is 0 Å². The Morgan fingerprint density at radius 3 is 2.62 bits per heavy atom. The highest BCUT2D eigenvalue weighted by molar-refractivity contribution is 7.11. The van der Waals surface area contributed by atoms with Crippen LogP contribution in [0.15, 0.2) is 4.99 Å². The molecule has 0 spiro atoms. The summed E-state index contributed by atoms with van der Waals surface area (Å²) >= 11 is 1.67. The number of aryl methyl sites for hydroxylation is 2. The molecule has 0 radical (unpaired) electrons. The predicted molar refractivity (Wildman–Crippen MR) is 103 cm³/mol. The van der Waals surface area contributed by atoms with Gasteiger partial charge < -0.3 is 16.0 Å². The van der Waals surface area contributed by atoms with E-state index in [4.69, 9.17) is 0 Å². The number of carbonyl (C=O) groups excluding carboxylic acids is 2. The zero-order chi connectivity index (χ0) is 19.3. The van der Waals surface area contributed by atoms with Crippen LogP contribution in [0.5, 0.6) is 0 Å². The van der Waals surface area contributed by atoms with Gasteiger partial charge in [-0.3, -0.25) is 14.7 Å². The Morgan fingerprint density at radius 2 is 2.08 bits per heavy atom. The number of urea groups is 1. The summed E-state index contributed by atoms with van der Waals surface area (Å²) in [5.41, 5.74) is 0.286. The summed E-state index contributed by atoms with van der Waals surface area (Å²) in [7, 11) is 1.71. The quantitative estimate of drug-likeness (QED) is 0.288. The number of nitrogens with one attached hydrogen (secondary N) is 3. The lowest BCUT2D eigenvalue weighted by Gasteiger charge is -2.19. The van der Waals surface area contributed by atoms with Crippen LogP contribution in [0.25, 0.3) is 0 Å². The number of thiazole rings is 1. The van der Waals surface area contributed by atoms with E-state index >= 15 is 0 Å². The minimum absolute atomic E-state index is 0.151. The molecule has 26 heavy (non-hydrogen) atoms. The van der Waals surface area contributed by atoms with Crippen molar-refractivity contribution in [1.82, 2.24) is 25.8 Å². The van der Waals surface area contributed by atoms with Gasteiger partial charge in [0.25, 0.3) is 5.91 Å². The van der Waals surface area contributed by atoms with Gasteiger partial charge in [0.2, 0.25) is 0 Å². The van der Waals surface area contributed by atoms with Gasteiger partial charge in [0.15, 0.2) is 5.96 Å². The highest BCUT2D eigenvalue weighted by Crippen LogP contribution is 2.20. The zero-order valence-electron chi connectivity index (χ0n) is 16.1. The lowest BCUT2D eigenvalue weighted by molar-refractivity contribution is -0.130. The van der Waals surface area contributed by atoms with Gasteiger partial charge in [0, 0.05) is 25.0 Å². The molecule has 0 aromatic carbocycles. The minimum Gasteiger partial charge on any atom is -0.356 e. The maximum absolute atomic E-state index is 12.3. The van der Waals surface area contributed by atoms with Crippen LogP contribution in [0, 0.1) is 13.8 Å². The van der Waals surface area contributed by atoms with Crippen molar-refractivity contribution >= 4 is 29.2 Å². The topological polar surface area (TPSA) is 98.7 Å². The number of hydrogen-bond donors (Lipinski definition) is 3. The maximum Gasteiger partial charge on any atom is 0.325 e. The molecule has 1 atom stereocenters. The van der Waals surface area contributed by atoms with E-state index in [2.05, 4.69) is 32.9 Å². The number of hydrogen-bond acceptors (Lipinski definition) is 5. The Kier molecular flexibility index (Phi) is 6.57. The molecule has 1 unspecified atom stereocenters. The summed E-state index contributed by atoms with van der Waals surface area (Å²) in [6.45, 7) is 9.32. The third kappa shape index (κ3) is 4.51. The van der Waals surface area contributed by atoms with Gasteiger partial charge in [0.1, 0.15) is 10.5 Å². The molecule has 9 heteroatoms. The van der Waals surface area contributed by atoms with E-state index in [0.29, 0.717) is 38.4 Å². The van der Waals surface area contributed by atoms with Crippen LogP contribution in [-0.4, -0.2) is 53.5 Å². The molecule has 0 aliphatic carbocycles. The van der Waals surface area contributed by atoms with Gasteiger partial charge >= 0.3 is 6.03 Å². The number of rotatable bonds is 7. The molecule has 1 aliphatic heterocycles. The van der Waals surface area contributed by atoms with Crippen molar-refractivity contribution < 1.29 is 9.59 Å². The molecule has 3 amide bonds. The van der Waals surface area contributed by atoms with E-state index in [1.54, 1.807) is 25.3 Å². The first-order chi connectivity index (χ1) is 12.3. The fraction of sp³-hybridized carbons (Fsp3) is 0.647. The summed E-state index contributed by atoms with van der Waals surface area (Å²) in [6, 6.07) is -0.309.